The van der Waals surface area contributed by atoms with Crippen molar-refractivity contribution in [2.75, 3.05) is 22.1 Å². The average Bonchev–Trinajstić information content (AvgIpc) is 3.24. The average molecular weight is 472 g/mol. The quantitative estimate of drug-likeness (QED) is 0.364. The molecule has 1 aliphatic carbocycles. The third-order valence-electron chi connectivity index (χ3n) is 6.28. The molecular weight excluding hydrogens is 451 g/mol. The molecule has 0 unspecified atom stereocenters. The van der Waals surface area contributed by atoms with Crippen LogP contribution >= 0.6 is 0 Å². The fourth-order valence-electron chi connectivity index (χ4n) is 4.34. The molecule has 5 heterocycles. The van der Waals surface area contributed by atoms with E-state index in [0.717, 1.165) is 24.1 Å². The van der Waals surface area contributed by atoms with Gasteiger partial charge in [-0.1, -0.05) is 0 Å². The van der Waals surface area contributed by atoms with Crippen molar-refractivity contribution in [1.29, 1.82) is 5.26 Å². The summed E-state index contributed by atoms with van der Waals surface area (Å²) in [4.78, 5) is 23.1. The van der Waals surface area contributed by atoms with Gasteiger partial charge in [-0.15, -0.1) is 5.10 Å². The highest BCUT2D eigenvalue weighted by atomic mass is 19.1. The number of nitriles is 1. The van der Waals surface area contributed by atoms with Crippen molar-refractivity contribution in [2.45, 2.75) is 31.2 Å². The number of carbonyl (C=O) groups excluding carboxylic acids is 1. The molecule has 2 aliphatic rings. The summed E-state index contributed by atoms with van der Waals surface area (Å²) in [5.74, 6) is 0.683. The lowest BCUT2D eigenvalue weighted by molar-refractivity contribution is -0.117. The zero-order valence-electron chi connectivity index (χ0n) is 18.5. The van der Waals surface area contributed by atoms with Crippen LogP contribution in [0.1, 0.15) is 30.9 Å². The van der Waals surface area contributed by atoms with Crippen LogP contribution in [-0.2, 0) is 4.79 Å². The van der Waals surface area contributed by atoms with Crippen LogP contribution in [0.25, 0.3) is 5.52 Å². The number of halogens is 1. The lowest BCUT2D eigenvalue weighted by Gasteiger charge is -2.24. The predicted molar refractivity (Wildman–Crippen MR) is 125 cm³/mol. The first-order valence-corrected chi connectivity index (χ1v) is 11.3. The molecule has 1 amide bonds. The maximum Gasteiger partial charge on any atom is 0.247 e. The summed E-state index contributed by atoms with van der Waals surface area (Å²) < 4.78 is 14.8. The van der Waals surface area contributed by atoms with E-state index in [2.05, 4.69) is 37.0 Å². The minimum Gasteiger partial charge on any atom is -0.326 e. The predicted octanol–water partition coefficient (Wildman–Crippen LogP) is 2.96. The van der Waals surface area contributed by atoms with Gasteiger partial charge in [0.1, 0.15) is 11.6 Å². The maximum atomic E-state index is 13.1. The Kier molecular flexibility index (Phi) is 5.02. The van der Waals surface area contributed by atoms with Gasteiger partial charge in [-0.2, -0.15) is 19.7 Å². The van der Waals surface area contributed by atoms with Crippen molar-refractivity contribution < 1.29 is 9.18 Å². The van der Waals surface area contributed by atoms with Gasteiger partial charge in [-0.25, -0.2) is 9.50 Å². The topological polar surface area (TPSA) is 140 Å². The molecule has 1 saturated carbocycles. The van der Waals surface area contributed by atoms with E-state index < -0.39 is 12.0 Å². The van der Waals surface area contributed by atoms with Gasteiger partial charge in [0.15, 0.2) is 11.6 Å². The molecule has 35 heavy (non-hydrogen) atoms. The molecule has 2 fully saturated rings. The van der Waals surface area contributed by atoms with Gasteiger partial charge in [0, 0.05) is 30.4 Å². The SMILES string of the molecule is N#C[C@H]1C[C@@H](C(=O)Nc2ccc(F)nc2)N(c2nc(Nc3cc(C4CC4)[nH]n3)c3cccn3n2)C1. The van der Waals surface area contributed by atoms with Crippen molar-refractivity contribution in [3.8, 4) is 6.07 Å². The normalized spacial score (nSPS) is 19.6. The largest absolute Gasteiger partial charge is 0.326 e. The minimum atomic E-state index is -0.683. The molecule has 2 atom stereocenters. The second-order valence-electron chi connectivity index (χ2n) is 8.79. The number of pyridine rings is 1. The van der Waals surface area contributed by atoms with Crippen molar-refractivity contribution in [3.05, 3.63) is 54.4 Å². The number of amides is 1. The van der Waals surface area contributed by atoms with E-state index in [-0.39, 0.29) is 11.8 Å². The molecule has 12 heteroatoms. The van der Waals surface area contributed by atoms with Crippen LogP contribution in [-0.4, -0.2) is 48.3 Å². The van der Waals surface area contributed by atoms with Gasteiger partial charge in [0.25, 0.3) is 0 Å². The second kappa shape index (κ2) is 8.35. The standard InChI is InChI=1S/C23H21FN10O/c24-19-6-5-15(11-26-19)27-22(35)18-8-13(10-25)12-33(18)23-29-21(17-2-1-7-34(17)32-23)28-20-9-16(30-31-20)14-3-4-14/h1-2,5-7,9,11,13-14,18H,3-4,8,12H2,(H,27,35)(H2,28,29,30,31,32)/t13-,18+/m1/s1. The summed E-state index contributed by atoms with van der Waals surface area (Å²) in [7, 11) is 0. The van der Waals surface area contributed by atoms with E-state index in [1.54, 1.807) is 15.6 Å². The van der Waals surface area contributed by atoms with Crippen LogP contribution in [0.3, 0.4) is 0 Å². The molecular formula is C23H21FN10O. The molecule has 0 aromatic carbocycles. The third kappa shape index (κ3) is 4.12. The summed E-state index contributed by atoms with van der Waals surface area (Å²) in [6, 6.07) is 9.89. The van der Waals surface area contributed by atoms with Gasteiger partial charge in [0.05, 0.1) is 23.9 Å². The van der Waals surface area contributed by atoms with Gasteiger partial charge in [-0.3, -0.25) is 9.89 Å². The zero-order chi connectivity index (χ0) is 23.9. The number of nitrogens with zero attached hydrogens (tertiary/aromatic N) is 7. The highest BCUT2D eigenvalue weighted by Crippen LogP contribution is 2.40. The monoisotopic (exact) mass is 472 g/mol. The van der Waals surface area contributed by atoms with E-state index in [9.17, 15) is 14.4 Å². The molecule has 0 radical (unpaired) electrons. The molecule has 3 N–H and O–H groups in total. The summed E-state index contributed by atoms with van der Waals surface area (Å²) in [5.41, 5.74) is 2.21. The van der Waals surface area contributed by atoms with Crippen LogP contribution in [0, 0.1) is 23.2 Å². The Hall–Kier alpha value is -4.53. The third-order valence-corrected chi connectivity index (χ3v) is 6.28. The Morgan fingerprint density at radius 3 is 2.94 bits per heavy atom. The maximum absolute atomic E-state index is 13.1. The highest BCUT2D eigenvalue weighted by Gasteiger charge is 2.39. The zero-order valence-corrected chi connectivity index (χ0v) is 18.5. The van der Waals surface area contributed by atoms with E-state index in [1.807, 2.05) is 18.2 Å². The summed E-state index contributed by atoms with van der Waals surface area (Å²) in [5, 5.41) is 27.6. The van der Waals surface area contributed by atoms with Gasteiger partial charge in [0.2, 0.25) is 17.8 Å². The van der Waals surface area contributed by atoms with Crippen LogP contribution in [0.2, 0.25) is 0 Å². The number of aromatic amines is 1. The summed E-state index contributed by atoms with van der Waals surface area (Å²) in [6.45, 7) is 0.302. The molecule has 11 nitrogen and oxygen atoms in total. The number of hydrogen-bond donors (Lipinski definition) is 3. The number of nitrogens with one attached hydrogen (secondary N) is 3. The fourth-order valence-corrected chi connectivity index (χ4v) is 4.34. The Morgan fingerprint density at radius 2 is 2.17 bits per heavy atom. The minimum absolute atomic E-state index is 0.302. The van der Waals surface area contributed by atoms with Crippen molar-refractivity contribution in [2.24, 2.45) is 5.92 Å². The van der Waals surface area contributed by atoms with Gasteiger partial charge in [-0.05, 0) is 43.5 Å². The van der Waals surface area contributed by atoms with E-state index in [1.165, 1.54) is 18.3 Å². The first-order chi connectivity index (χ1) is 17.1. The number of rotatable bonds is 6. The number of fused-ring (bicyclic) bond motifs is 1. The van der Waals surface area contributed by atoms with Crippen LogP contribution in [0.15, 0.2) is 42.7 Å². The van der Waals surface area contributed by atoms with Crippen molar-refractivity contribution in [1.82, 2.24) is 29.8 Å². The summed E-state index contributed by atoms with van der Waals surface area (Å²) in [6.07, 6.45) is 5.68. The smallest absolute Gasteiger partial charge is 0.247 e. The summed E-state index contributed by atoms with van der Waals surface area (Å²) >= 11 is 0. The Balaban J connectivity index is 1.31. The second-order valence-corrected chi connectivity index (χ2v) is 8.79. The van der Waals surface area contributed by atoms with E-state index in [0.29, 0.717) is 42.2 Å². The molecule has 0 bridgehead atoms. The number of anilines is 4. The van der Waals surface area contributed by atoms with Crippen LogP contribution in [0.4, 0.5) is 27.7 Å². The fraction of sp³-hybridized carbons (Fsp3) is 0.304. The Morgan fingerprint density at radius 1 is 1.29 bits per heavy atom. The first-order valence-electron chi connectivity index (χ1n) is 11.3. The molecule has 1 aliphatic heterocycles. The number of H-pyrrole nitrogens is 1. The molecule has 176 valence electrons. The Labute approximate surface area is 199 Å². The lowest BCUT2D eigenvalue weighted by atomic mass is 10.1. The van der Waals surface area contributed by atoms with E-state index in [4.69, 9.17) is 4.98 Å². The highest BCUT2D eigenvalue weighted by molar-refractivity contribution is 5.97. The number of hydrogen-bond acceptors (Lipinski definition) is 8. The van der Waals surface area contributed by atoms with Crippen LogP contribution < -0.4 is 15.5 Å². The molecule has 6 rings (SSSR count). The van der Waals surface area contributed by atoms with Crippen molar-refractivity contribution >= 4 is 34.7 Å². The van der Waals surface area contributed by atoms with Gasteiger partial charge < -0.3 is 15.5 Å². The number of carbonyl (C=O) groups is 1. The lowest BCUT2D eigenvalue weighted by Crippen LogP contribution is -2.41. The molecule has 0 spiro atoms. The van der Waals surface area contributed by atoms with Gasteiger partial charge >= 0.3 is 0 Å². The van der Waals surface area contributed by atoms with Crippen LogP contribution in [0.5, 0.6) is 0 Å². The molecule has 4 aromatic rings. The molecule has 1 saturated heterocycles. The Bertz CT molecular complexity index is 1430. The first kappa shape index (κ1) is 21.0. The van der Waals surface area contributed by atoms with Crippen molar-refractivity contribution in [3.63, 3.8) is 0 Å². The number of aromatic nitrogens is 6. The van der Waals surface area contributed by atoms with E-state index >= 15 is 0 Å². The molecule has 4 aromatic heterocycles.